The van der Waals surface area contributed by atoms with Crippen LogP contribution < -0.4 is 14.4 Å². The van der Waals surface area contributed by atoms with E-state index >= 15 is 0 Å². The molecule has 1 aliphatic heterocycles. The monoisotopic (exact) mass is 484 g/mol. The molecule has 0 spiro atoms. The molecule has 5 rings (SSSR count). The Labute approximate surface area is 208 Å². The zero-order valence-corrected chi connectivity index (χ0v) is 19.9. The van der Waals surface area contributed by atoms with Gasteiger partial charge in [-0.1, -0.05) is 24.3 Å². The van der Waals surface area contributed by atoms with E-state index in [1.807, 2.05) is 36.4 Å². The predicted molar refractivity (Wildman–Crippen MR) is 134 cm³/mol. The maximum absolute atomic E-state index is 15.0. The van der Waals surface area contributed by atoms with E-state index in [0.717, 1.165) is 24.4 Å². The highest BCUT2D eigenvalue weighted by Gasteiger charge is 2.17. The third kappa shape index (κ3) is 5.07. The number of fused-ring (bicyclic) bond motifs is 1. The molecule has 1 fully saturated rings. The molecule has 7 nitrogen and oxygen atoms in total. The van der Waals surface area contributed by atoms with Gasteiger partial charge in [0, 0.05) is 25.6 Å². The maximum Gasteiger partial charge on any atom is 0.148 e. The van der Waals surface area contributed by atoms with Gasteiger partial charge in [0.05, 0.1) is 37.6 Å². The van der Waals surface area contributed by atoms with Crippen molar-refractivity contribution in [1.82, 2.24) is 9.97 Å². The van der Waals surface area contributed by atoms with E-state index in [0.29, 0.717) is 59.1 Å². The Morgan fingerprint density at radius 3 is 2.50 bits per heavy atom. The van der Waals surface area contributed by atoms with E-state index in [1.54, 1.807) is 25.4 Å². The van der Waals surface area contributed by atoms with Gasteiger partial charge in [-0.3, -0.25) is 4.98 Å². The number of methoxy groups -OCH3 is 1. The highest BCUT2D eigenvalue weighted by atomic mass is 19.1. The second-order valence-corrected chi connectivity index (χ2v) is 8.47. The Bertz CT molecular complexity index is 1410. The number of hydrogen-bond acceptors (Lipinski definition) is 7. The van der Waals surface area contributed by atoms with Gasteiger partial charge < -0.3 is 19.1 Å². The lowest BCUT2D eigenvalue weighted by atomic mass is 9.98. The minimum Gasteiger partial charge on any atom is -0.497 e. The Hall–Kier alpha value is -4.22. The van der Waals surface area contributed by atoms with Crippen molar-refractivity contribution < 1.29 is 18.6 Å². The van der Waals surface area contributed by atoms with E-state index in [2.05, 4.69) is 16.0 Å². The van der Waals surface area contributed by atoms with Crippen LogP contribution in [0.1, 0.15) is 22.3 Å². The summed E-state index contributed by atoms with van der Waals surface area (Å²) in [5.74, 6) is 1.53. The van der Waals surface area contributed by atoms with Crippen molar-refractivity contribution in [2.24, 2.45) is 0 Å². The van der Waals surface area contributed by atoms with E-state index < -0.39 is 0 Å². The van der Waals surface area contributed by atoms with Crippen LogP contribution in [0.15, 0.2) is 60.8 Å². The molecule has 4 aromatic rings. The van der Waals surface area contributed by atoms with Gasteiger partial charge in [0.1, 0.15) is 41.3 Å². The lowest BCUT2D eigenvalue weighted by molar-refractivity contribution is 0.122. The van der Waals surface area contributed by atoms with Crippen LogP contribution in [0.25, 0.3) is 11.0 Å². The minimum absolute atomic E-state index is 0.257. The molecular formula is C28H25FN4O3. The highest BCUT2D eigenvalue weighted by Crippen LogP contribution is 2.26. The molecular weight excluding hydrogens is 459 g/mol. The van der Waals surface area contributed by atoms with Gasteiger partial charge in [-0.25, -0.2) is 9.37 Å². The van der Waals surface area contributed by atoms with Crippen LogP contribution in [0.2, 0.25) is 0 Å². The van der Waals surface area contributed by atoms with Gasteiger partial charge in [0.15, 0.2) is 0 Å². The molecule has 8 heteroatoms. The molecule has 0 aliphatic carbocycles. The molecule has 0 N–H and O–H groups in total. The van der Waals surface area contributed by atoms with Gasteiger partial charge in [-0.05, 0) is 41.0 Å². The lowest BCUT2D eigenvalue weighted by Gasteiger charge is -2.27. The molecule has 1 aromatic heterocycles. The number of benzene rings is 3. The fraction of sp³-hybridized carbons (Fsp3) is 0.250. The van der Waals surface area contributed by atoms with E-state index in [-0.39, 0.29) is 12.2 Å². The van der Waals surface area contributed by atoms with Gasteiger partial charge in [0.2, 0.25) is 0 Å². The van der Waals surface area contributed by atoms with Gasteiger partial charge >= 0.3 is 0 Å². The van der Waals surface area contributed by atoms with Crippen molar-refractivity contribution in [2.75, 3.05) is 38.3 Å². The summed E-state index contributed by atoms with van der Waals surface area (Å²) in [7, 11) is 1.61. The summed E-state index contributed by atoms with van der Waals surface area (Å²) in [6.45, 7) is 3.02. The molecule has 2 heterocycles. The lowest BCUT2D eigenvalue weighted by Crippen LogP contribution is -2.36. The molecule has 0 atom stereocenters. The van der Waals surface area contributed by atoms with E-state index in [4.69, 9.17) is 19.2 Å². The number of hydrogen-bond donors (Lipinski definition) is 0. The summed E-state index contributed by atoms with van der Waals surface area (Å²) in [6.07, 6.45) is 1.98. The molecule has 36 heavy (non-hydrogen) atoms. The molecule has 0 unspecified atom stereocenters. The van der Waals surface area contributed by atoms with Crippen molar-refractivity contribution >= 4 is 16.9 Å². The number of aromatic nitrogens is 2. The third-order valence-corrected chi connectivity index (χ3v) is 6.21. The van der Waals surface area contributed by atoms with Crippen LogP contribution in [0.4, 0.5) is 10.2 Å². The van der Waals surface area contributed by atoms with Crippen LogP contribution in [0.5, 0.6) is 11.5 Å². The average Bonchev–Trinajstić information content (AvgIpc) is 2.93. The largest absolute Gasteiger partial charge is 0.497 e. The average molecular weight is 485 g/mol. The van der Waals surface area contributed by atoms with Crippen LogP contribution in [0, 0.1) is 17.1 Å². The van der Waals surface area contributed by atoms with Crippen molar-refractivity contribution in [3.63, 3.8) is 0 Å². The molecule has 3 aromatic carbocycles. The second-order valence-electron chi connectivity index (χ2n) is 8.47. The number of morpholine rings is 1. The fourth-order valence-electron chi connectivity index (χ4n) is 4.18. The second kappa shape index (κ2) is 10.6. The summed E-state index contributed by atoms with van der Waals surface area (Å²) in [4.78, 5) is 11.3. The molecule has 1 saturated heterocycles. The molecule has 0 amide bonds. The highest BCUT2D eigenvalue weighted by molar-refractivity contribution is 5.83. The SMILES string of the molecule is COc1ccc(COc2ccc(Cc3ccc4ncc(N5CCOCC5)nc4c3C#N)c(F)c2)cc1. The maximum atomic E-state index is 15.0. The zero-order valence-electron chi connectivity index (χ0n) is 19.9. The smallest absolute Gasteiger partial charge is 0.148 e. The number of halogens is 1. The van der Waals surface area contributed by atoms with E-state index in [9.17, 15) is 9.65 Å². The molecule has 182 valence electrons. The first-order valence-corrected chi connectivity index (χ1v) is 11.7. The fourth-order valence-corrected chi connectivity index (χ4v) is 4.18. The van der Waals surface area contributed by atoms with Gasteiger partial charge in [-0.2, -0.15) is 5.26 Å². The van der Waals surface area contributed by atoms with Gasteiger partial charge in [-0.15, -0.1) is 0 Å². The van der Waals surface area contributed by atoms with Crippen molar-refractivity contribution in [1.29, 1.82) is 5.26 Å². The number of ether oxygens (including phenoxy) is 3. The molecule has 0 saturated carbocycles. The minimum atomic E-state index is -0.389. The van der Waals surface area contributed by atoms with Crippen LogP contribution in [0.3, 0.4) is 0 Å². The molecule has 1 aliphatic rings. The van der Waals surface area contributed by atoms with Crippen LogP contribution in [-0.2, 0) is 17.8 Å². The van der Waals surface area contributed by atoms with Crippen LogP contribution >= 0.6 is 0 Å². The first-order valence-electron chi connectivity index (χ1n) is 11.7. The Balaban J connectivity index is 1.35. The summed E-state index contributed by atoms with van der Waals surface area (Å²) >= 11 is 0. The standard InChI is InChI=1S/C28H25FN4O3/c1-34-22-6-2-19(3-7-22)18-36-23-8-4-21(25(29)15-23)14-20-5-9-26-28(24(20)16-30)32-27(17-31-26)33-10-12-35-13-11-33/h2-9,15,17H,10-14,18H2,1H3. The summed E-state index contributed by atoms with van der Waals surface area (Å²) < 4.78 is 31.3. The zero-order chi connectivity index (χ0) is 24.9. The summed E-state index contributed by atoms with van der Waals surface area (Å²) in [5, 5.41) is 9.95. The Morgan fingerprint density at radius 1 is 1.03 bits per heavy atom. The number of rotatable bonds is 7. The molecule has 0 bridgehead atoms. The normalized spacial score (nSPS) is 13.4. The molecule has 0 radical (unpaired) electrons. The first-order chi connectivity index (χ1) is 17.6. The number of nitrogens with zero attached hydrogens (tertiary/aromatic N) is 4. The van der Waals surface area contributed by atoms with Crippen molar-refractivity contribution in [3.05, 3.63) is 88.9 Å². The van der Waals surface area contributed by atoms with Crippen molar-refractivity contribution in [3.8, 4) is 17.6 Å². The Kier molecular flexibility index (Phi) is 6.92. The van der Waals surface area contributed by atoms with Gasteiger partial charge in [0.25, 0.3) is 0 Å². The first kappa shape index (κ1) is 23.5. The van der Waals surface area contributed by atoms with E-state index in [1.165, 1.54) is 6.07 Å². The topological polar surface area (TPSA) is 80.5 Å². The number of nitriles is 1. The quantitative estimate of drug-likeness (QED) is 0.378. The van der Waals surface area contributed by atoms with Crippen molar-refractivity contribution in [2.45, 2.75) is 13.0 Å². The summed E-state index contributed by atoms with van der Waals surface area (Å²) in [6, 6.07) is 18.2. The van der Waals surface area contributed by atoms with Crippen LogP contribution in [-0.4, -0.2) is 43.4 Å². The summed E-state index contributed by atoms with van der Waals surface area (Å²) in [5.41, 5.74) is 3.69. The number of anilines is 1. The third-order valence-electron chi connectivity index (χ3n) is 6.21. The Morgan fingerprint density at radius 2 is 1.78 bits per heavy atom. The predicted octanol–water partition coefficient (Wildman–Crippen LogP) is 4.66.